The molecule has 0 unspecified atom stereocenters. The van der Waals surface area contributed by atoms with Crippen LogP contribution in [0, 0.1) is 0 Å². The molecule has 106 valence electrons. The topological polar surface area (TPSA) is 50.9 Å². The first kappa shape index (κ1) is 13.2. The molecule has 0 saturated carbocycles. The molecule has 3 aromatic rings. The van der Waals surface area contributed by atoms with E-state index in [-0.39, 0.29) is 0 Å². The summed E-state index contributed by atoms with van der Waals surface area (Å²) in [4.78, 5) is 8.76. The molecule has 0 fully saturated rings. The van der Waals surface area contributed by atoms with Crippen LogP contribution in [0.2, 0.25) is 0 Å². The van der Waals surface area contributed by atoms with Crippen molar-refractivity contribution < 1.29 is 5.11 Å². The fraction of sp³-hybridized carbons (Fsp3) is 0.200. The Bertz CT molecular complexity index is 813. The first-order valence-electron chi connectivity index (χ1n) is 6.63. The Morgan fingerprint density at radius 1 is 1.38 bits per heavy atom. The number of halogens is 1. The first-order chi connectivity index (χ1) is 10.2. The summed E-state index contributed by atoms with van der Waals surface area (Å²) in [6.07, 6.45) is 4.30. The third-order valence-electron chi connectivity index (χ3n) is 3.86. The molecular weight excluding hydrogens is 350 g/mol. The predicted octanol–water partition coefficient (Wildman–Crippen LogP) is 3.41. The number of hydrogen-bond donors (Lipinski definition) is 1. The predicted molar refractivity (Wildman–Crippen MR) is 85.1 cm³/mol. The zero-order valence-electron chi connectivity index (χ0n) is 11.0. The summed E-state index contributed by atoms with van der Waals surface area (Å²) in [6.45, 7) is 0.791. The quantitative estimate of drug-likeness (QED) is 0.760. The molecular formula is C15H12BrN3OS. The lowest BCUT2D eigenvalue weighted by Crippen LogP contribution is -2.25. The van der Waals surface area contributed by atoms with Crippen LogP contribution in [0.4, 0.5) is 0 Å². The average molecular weight is 362 g/mol. The molecule has 21 heavy (non-hydrogen) atoms. The minimum Gasteiger partial charge on any atom is -0.377 e. The van der Waals surface area contributed by atoms with Crippen molar-refractivity contribution in [2.75, 3.05) is 0 Å². The molecule has 0 aliphatic carbocycles. The number of hydrogen-bond acceptors (Lipinski definition) is 4. The van der Waals surface area contributed by atoms with Crippen molar-refractivity contribution >= 4 is 27.3 Å². The van der Waals surface area contributed by atoms with E-state index in [0.717, 1.165) is 33.1 Å². The van der Waals surface area contributed by atoms with Crippen molar-refractivity contribution in [3.63, 3.8) is 0 Å². The molecule has 0 amide bonds. The number of aryl methyl sites for hydroxylation is 1. The molecule has 0 saturated heterocycles. The number of fused-ring (bicyclic) bond motifs is 1. The maximum atomic E-state index is 11.1. The van der Waals surface area contributed by atoms with Crippen LogP contribution in [0.1, 0.15) is 17.8 Å². The third-order valence-corrected chi connectivity index (χ3v) is 5.46. The lowest BCUT2D eigenvalue weighted by molar-refractivity contribution is 0.0786. The first-order valence-corrected chi connectivity index (χ1v) is 8.30. The van der Waals surface area contributed by atoms with E-state index in [9.17, 15) is 5.11 Å². The van der Waals surface area contributed by atoms with Crippen molar-refractivity contribution in [1.29, 1.82) is 0 Å². The molecule has 4 nitrogen and oxygen atoms in total. The average Bonchev–Trinajstić information content (AvgIpc) is 3.18. The Hall–Kier alpha value is -1.50. The summed E-state index contributed by atoms with van der Waals surface area (Å²) in [5, 5.41) is 14.0. The van der Waals surface area contributed by atoms with E-state index in [4.69, 9.17) is 0 Å². The van der Waals surface area contributed by atoms with Crippen LogP contribution in [-0.2, 0) is 12.1 Å². The Morgan fingerprint density at radius 3 is 3.10 bits per heavy atom. The highest BCUT2D eigenvalue weighted by Gasteiger charge is 2.40. The van der Waals surface area contributed by atoms with Gasteiger partial charge in [-0.3, -0.25) is 0 Å². The second-order valence-corrected chi connectivity index (χ2v) is 6.78. The van der Waals surface area contributed by atoms with Gasteiger partial charge in [-0.05, 0) is 27.6 Å². The fourth-order valence-corrected chi connectivity index (χ4v) is 4.07. The highest BCUT2D eigenvalue weighted by atomic mass is 79.9. The van der Waals surface area contributed by atoms with Crippen molar-refractivity contribution in [2.24, 2.45) is 0 Å². The molecule has 1 aliphatic heterocycles. The number of rotatable bonds is 2. The summed E-state index contributed by atoms with van der Waals surface area (Å²) >= 11 is 4.96. The van der Waals surface area contributed by atoms with Gasteiger partial charge >= 0.3 is 0 Å². The van der Waals surface area contributed by atoms with Gasteiger partial charge in [0.25, 0.3) is 0 Å². The third kappa shape index (κ3) is 2.06. The summed E-state index contributed by atoms with van der Waals surface area (Å²) in [6, 6.07) is 7.94. The van der Waals surface area contributed by atoms with Crippen LogP contribution in [-0.4, -0.2) is 19.6 Å². The van der Waals surface area contributed by atoms with Gasteiger partial charge in [-0.1, -0.05) is 18.2 Å². The molecule has 3 heterocycles. The van der Waals surface area contributed by atoms with Gasteiger partial charge in [0.15, 0.2) is 0 Å². The largest absolute Gasteiger partial charge is 0.377 e. The lowest BCUT2D eigenvalue weighted by Gasteiger charge is -2.22. The Balaban J connectivity index is 1.80. The lowest BCUT2D eigenvalue weighted by atomic mass is 9.91. The van der Waals surface area contributed by atoms with Crippen molar-refractivity contribution in [1.82, 2.24) is 14.5 Å². The Labute approximate surface area is 134 Å². The zero-order valence-corrected chi connectivity index (χ0v) is 13.4. The fourth-order valence-electron chi connectivity index (χ4n) is 2.82. The van der Waals surface area contributed by atoms with Gasteiger partial charge in [0, 0.05) is 36.3 Å². The van der Waals surface area contributed by atoms with Gasteiger partial charge in [0.1, 0.15) is 21.0 Å². The minimum atomic E-state index is -1.01. The van der Waals surface area contributed by atoms with E-state index < -0.39 is 5.60 Å². The van der Waals surface area contributed by atoms with Crippen molar-refractivity contribution in [2.45, 2.75) is 18.6 Å². The van der Waals surface area contributed by atoms with Gasteiger partial charge in [-0.25, -0.2) is 9.97 Å². The zero-order chi connectivity index (χ0) is 14.4. The molecule has 1 aliphatic rings. The van der Waals surface area contributed by atoms with Crippen molar-refractivity contribution in [3.05, 3.63) is 58.0 Å². The molecule has 0 bridgehead atoms. The van der Waals surface area contributed by atoms with Crippen molar-refractivity contribution in [3.8, 4) is 10.6 Å². The highest BCUT2D eigenvalue weighted by molar-refractivity contribution is 9.10. The number of imidazole rings is 1. The smallest absolute Gasteiger partial charge is 0.149 e. The van der Waals surface area contributed by atoms with E-state index in [1.54, 1.807) is 17.5 Å². The van der Waals surface area contributed by atoms with Gasteiger partial charge in [-0.15, -0.1) is 11.3 Å². The van der Waals surface area contributed by atoms with Gasteiger partial charge in [-0.2, -0.15) is 0 Å². The van der Waals surface area contributed by atoms with Crippen LogP contribution in [0.5, 0.6) is 0 Å². The van der Waals surface area contributed by atoms with E-state index in [0.29, 0.717) is 6.42 Å². The molecule has 2 aromatic heterocycles. The Kier molecular flexibility index (Phi) is 2.99. The summed E-state index contributed by atoms with van der Waals surface area (Å²) < 4.78 is 2.84. The monoisotopic (exact) mass is 361 g/mol. The second kappa shape index (κ2) is 4.76. The van der Waals surface area contributed by atoms with Gasteiger partial charge < -0.3 is 9.67 Å². The molecule has 1 aromatic carbocycles. The maximum Gasteiger partial charge on any atom is 0.149 e. The second-order valence-electron chi connectivity index (χ2n) is 5.11. The van der Waals surface area contributed by atoms with Crippen LogP contribution < -0.4 is 0 Å². The number of benzene rings is 1. The molecule has 4 rings (SSSR count). The van der Waals surface area contributed by atoms with E-state index in [2.05, 4.69) is 25.9 Å². The number of thiazole rings is 1. The molecule has 0 spiro atoms. The summed E-state index contributed by atoms with van der Waals surface area (Å²) in [7, 11) is 0. The Morgan fingerprint density at radius 2 is 2.29 bits per heavy atom. The van der Waals surface area contributed by atoms with Crippen LogP contribution in [0.15, 0.2) is 46.6 Å². The van der Waals surface area contributed by atoms with E-state index >= 15 is 0 Å². The molecule has 1 N–H and O–H groups in total. The number of nitrogens with zero attached hydrogens (tertiary/aromatic N) is 3. The maximum absolute atomic E-state index is 11.1. The molecule has 1 atom stereocenters. The van der Waals surface area contributed by atoms with Gasteiger partial charge in [0.2, 0.25) is 0 Å². The molecule has 6 heteroatoms. The van der Waals surface area contributed by atoms with Crippen LogP contribution >= 0.6 is 27.3 Å². The number of aliphatic hydroxyl groups is 1. The summed E-state index contributed by atoms with van der Waals surface area (Å²) in [5.74, 6) is 0.722. The standard InChI is InChI=1S/C15H12BrN3OS/c16-12-9-21-13(18-12)10-2-1-3-11(8-10)15(20)4-6-19-7-5-17-14(15)19/h1-3,5,7-9,20H,4,6H2/t15-/m1/s1. The highest BCUT2D eigenvalue weighted by Crippen LogP contribution is 2.39. The van der Waals surface area contributed by atoms with E-state index in [1.807, 2.05) is 40.4 Å². The normalized spacial score (nSPS) is 20.7. The molecule has 0 radical (unpaired) electrons. The minimum absolute atomic E-state index is 0.654. The van der Waals surface area contributed by atoms with Gasteiger partial charge in [0.05, 0.1) is 0 Å². The van der Waals surface area contributed by atoms with Crippen LogP contribution in [0.25, 0.3) is 10.6 Å². The van der Waals surface area contributed by atoms with E-state index in [1.165, 1.54) is 0 Å². The van der Waals surface area contributed by atoms with Crippen LogP contribution in [0.3, 0.4) is 0 Å². The summed E-state index contributed by atoms with van der Waals surface area (Å²) in [5.41, 5.74) is 0.881. The number of aromatic nitrogens is 3. The SMILES string of the molecule is O[C@@]1(c2cccc(-c3nc(Br)cs3)c2)CCn2ccnc21.